The van der Waals surface area contributed by atoms with Crippen LogP contribution in [0.3, 0.4) is 0 Å². The van der Waals surface area contributed by atoms with Gasteiger partial charge in [-0.25, -0.2) is 4.98 Å². The standard InChI is InChI=1S/C8H10N6O/c1-6-9-3-4-14(6)5-7(15)8-10-12-13(2)11-8/h3-4H,5H2,1-2H3. The normalized spacial score (nSPS) is 10.5. The molecule has 2 rings (SSSR count). The zero-order chi connectivity index (χ0) is 10.8. The summed E-state index contributed by atoms with van der Waals surface area (Å²) in [5.74, 6) is 0.738. The Bertz CT molecular complexity index is 485. The van der Waals surface area contributed by atoms with Crippen LogP contribution >= 0.6 is 0 Å². The van der Waals surface area contributed by atoms with Gasteiger partial charge >= 0.3 is 0 Å². The molecule has 0 saturated heterocycles. The molecule has 15 heavy (non-hydrogen) atoms. The van der Waals surface area contributed by atoms with Crippen LogP contribution in [-0.4, -0.2) is 35.5 Å². The second-order valence-corrected chi connectivity index (χ2v) is 3.13. The van der Waals surface area contributed by atoms with Crippen molar-refractivity contribution >= 4 is 5.78 Å². The van der Waals surface area contributed by atoms with Gasteiger partial charge in [0.1, 0.15) is 5.82 Å². The molecular weight excluding hydrogens is 196 g/mol. The number of Topliss-reactive ketones (excluding diaryl/α,β-unsaturated/α-hetero) is 1. The molecular formula is C8H10N6O. The number of tetrazole rings is 1. The molecule has 0 atom stereocenters. The van der Waals surface area contributed by atoms with E-state index >= 15 is 0 Å². The molecule has 78 valence electrons. The number of carbonyl (C=O) groups is 1. The highest BCUT2D eigenvalue weighted by Crippen LogP contribution is 1.98. The molecule has 0 unspecified atom stereocenters. The number of rotatable bonds is 3. The van der Waals surface area contributed by atoms with E-state index in [2.05, 4.69) is 20.4 Å². The molecule has 0 aliphatic heterocycles. The summed E-state index contributed by atoms with van der Waals surface area (Å²) in [6.07, 6.45) is 3.39. The summed E-state index contributed by atoms with van der Waals surface area (Å²) in [5, 5.41) is 11.1. The van der Waals surface area contributed by atoms with Crippen LogP contribution in [0.2, 0.25) is 0 Å². The van der Waals surface area contributed by atoms with Gasteiger partial charge in [-0.2, -0.15) is 4.80 Å². The Morgan fingerprint density at radius 3 is 2.87 bits per heavy atom. The smallest absolute Gasteiger partial charge is 0.242 e. The summed E-state index contributed by atoms with van der Waals surface area (Å²) in [6.45, 7) is 2.02. The van der Waals surface area contributed by atoms with Gasteiger partial charge in [0.15, 0.2) is 0 Å². The molecule has 0 N–H and O–H groups in total. The summed E-state index contributed by atoms with van der Waals surface area (Å²) >= 11 is 0. The predicted molar refractivity (Wildman–Crippen MR) is 50.1 cm³/mol. The first-order valence-electron chi connectivity index (χ1n) is 4.42. The highest BCUT2D eigenvalue weighted by atomic mass is 16.1. The zero-order valence-corrected chi connectivity index (χ0v) is 8.45. The van der Waals surface area contributed by atoms with Crippen molar-refractivity contribution in [2.75, 3.05) is 0 Å². The van der Waals surface area contributed by atoms with E-state index in [1.54, 1.807) is 24.0 Å². The maximum atomic E-state index is 11.7. The third kappa shape index (κ3) is 1.90. The molecule has 0 bridgehead atoms. The molecule has 0 aliphatic rings. The van der Waals surface area contributed by atoms with Crippen molar-refractivity contribution in [1.29, 1.82) is 0 Å². The van der Waals surface area contributed by atoms with Crippen molar-refractivity contribution in [3.05, 3.63) is 24.0 Å². The van der Waals surface area contributed by atoms with Crippen LogP contribution in [0.1, 0.15) is 16.4 Å². The molecule has 2 aromatic heterocycles. The molecule has 0 fully saturated rings. The molecule has 7 nitrogen and oxygen atoms in total. The summed E-state index contributed by atoms with van der Waals surface area (Å²) in [7, 11) is 1.62. The van der Waals surface area contributed by atoms with Crippen LogP contribution in [0, 0.1) is 6.92 Å². The van der Waals surface area contributed by atoms with E-state index in [0.717, 1.165) is 5.82 Å². The first-order valence-corrected chi connectivity index (χ1v) is 4.42. The predicted octanol–water partition coefficient (Wildman–Crippen LogP) is -0.402. The van der Waals surface area contributed by atoms with Gasteiger partial charge in [-0.15, -0.1) is 10.2 Å². The average molecular weight is 206 g/mol. The monoisotopic (exact) mass is 206 g/mol. The van der Waals surface area contributed by atoms with Crippen molar-refractivity contribution in [3.63, 3.8) is 0 Å². The van der Waals surface area contributed by atoms with Crippen LogP contribution < -0.4 is 0 Å². The van der Waals surface area contributed by atoms with Gasteiger partial charge in [0, 0.05) is 12.4 Å². The number of carbonyl (C=O) groups excluding carboxylic acids is 1. The first-order chi connectivity index (χ1) is 7.16. The molecule has 0 saturated carbocycles. The van der Waals surface area contributed by atoms with Gasteiger partial charge in [0.2, 0.25) is 11.6 Å². The lowest BCUT2D eigenvalue weighted by Gasteiger charge is -2.00. The second-order valence-electron chi connectivity index (χ2n) is 3.13. The van der Waals surface area contributed by atoms with E-state index in [0.29, 0.717) is 0 Å². The number of ketones is 1. The van der Waals surface area contributed by atoms with E-state index in [9.17, 15) is 4.79 Å². The Morgan fingerprint density at radius 1 is 1.53 bits per heavy atom. The van der Waals surface area contributed by atoms with E-state index in [-0.39, 0.29) is 18.2 Å². The highest BCUT2D eigenvalue weighted by molar-refractivity contribution is 5.91. The van der Waals surface area contributed by atoms with Gasteiger partial charge in [0.25, 0.3) is 0 Å². The van der Waals surface area contributed by atoms with Crippen molar-refractivity contribution < 1.29 is 4.79 Å². The van der Waals surface area contributed by atoms with E-state index < -0.39 is 0 Å². The molecule has 0 radical (unpaired) electrons. The quantitative estimate of drug-likeness (QED) is 0.638. The van der Waals surface area contributed by atoms with Crippen LogP contribution in [-0.2, 0) is 13.6 Å². The lowest BCUT2D eigenvalue weighted by molar-refractivity contribution is 0.0960. The molecule has 0 spiro atoms. The van der Waals surface area contributed by atoms with Crippen molar-refractivity contribution in [2.24, 2.45) is 7.05 Å². The Kier molecular flexibility index (Phi) is 2.28. The fraction of sp³-hybridized carbons (Fsp3) is 0.375. The molecule has 0 amide bonds. The number of aromatic nitrogens is 6. The lowest BCUT2D eigenvalue weighted by atomic mass is 10.3. The zero-order valence-electron chi connectivity index (χ0n) is 8.45. The van der Waals surface area contributed by atoms with Gasteiger partial charge in [-0.3, -0.25) is 4.79 Å². The highest BCUT2D eigenvalue weighted by Gasteiger charge is 2.13. The first kappa shape index (κ1) is 9.50. The van der Waals surface area contributed by atoms with Gasteiger partial charge in [-0.05, 0) is 12.1 Å². The number of hydrogen-bond donors (Lipinski definition) is 0. The van der Waals surface area contributed by atoms with Crippen LogP contribution in [0.4, 0.5) is 0 Å². The van der Waals surface area contributed by atoms with Gasteiger partial charge < -0.3 is 4.57 Å². The minimum absolute atomic E-state index is 0.130. The number of aryl methyl sites for hydroxylation is 2. The summed E-state index contributed by atoms with van der Waals surface area (Å²) < 4.78 is 1.73. The maximum Gasteiger partial charge on any atom is 0.242 e. The van der Waals surface area contributed by atoms with Crippen LogP contribution in [0.15, 0.2) is 12.4 Å². The van der Waals surface area contributed by atoms with Crippen molar-refractivity contribution in [3.8, 4) is 0 Å². The third-order valence-electron chi connectivity index (χ3n) is 2.00. The maximum absolute atomic E-state index is 11.7. The molecule has 2 heterocycles. The number of imidazole rings is 1. The summed E-state index contributed by atoms with van der Waals surface area (Å²) in [5.41, 5.74) is 0. The Labute approximate surface area is 85.7 Å². The SMILES string of the molecule is Cc1nccn1CC(=O)c1nnn(C)n1. The van der Waals surface area contributed by atoms with E-state index in [1.807, 2.05) is 6.92 Å². The molecule has 2 aromatic rings. The van der Waals surface area contributed by atoms with Crippen molar-refractivity contribution in [2.45, 2.75) is 13.5 Å². The molecule has 0 aliphatic carbocycles. The Hall–Kier alpha value is -2.05. The number of hydrogen-bond acceptors (Lipinski definition) is 5. The second kappa shape index (κ2) is 3.60. The van der Waals surface area contributed by atoms with E-state index in [4.69, 9.17) is 0 Å². The van der Waals surface area contributed by atoms with E-state index in [1.165, 1.54) is 4.80 Å². The largest absolute Gasteiger partial charge is 0.327 e. The Morgan fingerprint density at radius 2 is 2.33 bits per heavy atom. The summed E-state index contributed by atoms with van der Waals surface area (Å²) in [6, 6.07) is 0. The summed E-state index contributed by atoms with van der Waals surface area (Å²) in [4.78, 5) is 16.9. The lowest BCUT2D eigenvalue weighted by Crippen LogP contribution is -2.13. The van der Waals surface area contributed by atoms with Crippen LogP contribution in [0.5, 0.6) is 0 Å². The average Bonchev–Trinajstić information content (AvgIpc) is 2.77. The van der Waals surface area contributed by atoms with Crippen molar-refractivity contribution in [1.82, 2.24) is 29.8 Å². The fourth-order valence-electron chi connectivity index (χ4n) is 1.19. The fourth-order valence-corrected chi connectivity index (χ4v) is 1.19. The number of nitrogens with zero attached hydrogens (tertiary/aromatic N) is 6. The van der Waals surface area contributed by atoms with Gasteiger partial charge in [0.05, 0.1) is 13.6 Å². The topological polar surface area (TPSA) is 78.5 Å². The minimum atomic E-state index is -0.177. The molecule has 7 heteroatoms. The minimum Gasteiger partial charge on any atom is -0.327 e. The third-order valence-corrected chi connectivity index (χ3v) is 2.00. The Balaban J connectivity index is 2.14. The van der Waals surface area contributed by atoms with Gasteiger partial charge in [-0.1, -0.05) is 0 Å². The molecule has 0 aromatic carbocycles. The van der Waals surface area contributed by atoms with Crippen LogP contribution in [0.25, 0.3) is 0 Å².